The number of aryl methyl sites for hydroxylation is 2. The Bertz CT molecular complexity index is 479. The van der Waals surface area contributed by atoms with Gasteiger partial charge in [-0.05, 0) is 51.3 Å². The second-order valence-corrected chi connectivity index (χ2v) is 7.55. The third-order valence-electron chi connectivity index (χ3n) is 4.38. The number of carboxylic acid groups (broad SMARTS) is 1. The Hall–Kier alpha value is -0.870. The molecule has 4 heteroatoms. The van der Waals surface area contributed by atoms with E-state index in [-0.39, 0.29) is 0 Å². The molecule has 3 nitrogen and oxygen atoms in total. The van der Waals surface area contributed by atoms with Crippen molar-refractivity contribution in [1.29, 1.82) is 0 Å². The SMILES string of the molecule is CCCC1(C(=O)O)CCCN(Cc2cc(C)sc2C)C1. The molecule has 1 N–H and O–H groups in total. The first kappa shape index (κ1) is 15.5. The van der Waals surface area contributed by atoms with Crippen LogP contribution in [0, 0.1) is 19.3 Å². The molecule has 1 aliphatic rings. The molecule has 112 valence electrons. The van der Waals surface area contributed by atoms with E-state index < -0.39 is 11.4 Å². The predicted molar refractivity (Wildman–Crippen MR) is 83.3 cm³/mol. The van der Waals surface area contributed by atoms with Crippen LogP contribution in [0.1, 0.15) is 47.9 Å². The molecule has 1 aromatic heterocycles. The van der Waals surface area contributed by atoms with Crippen molar-refractivity contribution in [1.82, 2.24) is 4.90 Å². The Morgan fingerprint density at radius 3 is 2.80 bits per heavy atom. The van der Waals surface area contributed by atoms with Crippen LogP contribution in [0.3, 0.4) is 0 Å². The summed E-state index contributed by atoms with van der Waals surface area (Å²) in [6.45, 7) is 8.99. The number of hydrogen-bond acceptors (Lipinski definition) is 3. The highest BCUT2D eigenvalue weighted by Crippen LogP contribution is 2.36. The topological polar surface area (TPSA) is 40.5 Å². The van der Waals surface area contributed by atoms with Crippen LogP contribution in [-0.2, 0) is 11.3 Å². The molecule has 1 unspecified atom stereocenters. The largest absolute Gasteiger partial charge is 0.481 e. The Labute approximate surface area is 125 Å². The summed E-state index contributed by atoms with van der Waals surface area (Å²) in [5.74, 6) is -0.609. The summed E-state index contributed by atoms with van der Waals surface area (Å²) >= 11 is 1.83. The number of hydrogen-bond donors (Lipinski definition) is 1. The summed E-state index contributed by atoms with van der Waals surface area (Å²) in [7, 11) is 0. The maximum Gasteiger partial charge on any atom is 0.310 e. The fourth-order valence-corrected chi connectivity index (χ4v) is 4.35. The van der Waals surface area contributed by atoms with Crippen molar-refractivity contribution in [3.63, 3.8) is 0 Å². The Kier molecular flexibility index (Phi) is 4.86. The van der Waals surface area contributed by atoms with E-state index in [4.69, 9.17) is 0 Å². The Morgan fingerprint density at radius 2 is 2.25 bits per heavy atom. The van der Waals surface area contributed by atoms with Crippen molar-refractivity contribution < 1.29 is 9.90 Å². The second kappa shape index (κ2) is 6.27. The van der Waals surface area contributed by atoms with Gasteiger partial charge in [-0.15, -0.1) is 11.3 Å². The van der Waals surface area contributed by atoms with Gasteiger partial charge < -0.3 is 5.11 Å². The Morgan fingerprint density at radius 1 is 1.50 bits per heavy atom. The van der Waals surface area contributed by atoms with E-state index in [1.165, 1.54) is 15.3 Å². The maximum atomic E-state index is 11.7. The standard InChI is InChI=1S/C16H25NO2S/c1-4-6-16(15(18)19)7-5-8-17(11-16)10-14-9-12(2)20-13(14)3/h9H,4-8,10-11H2,1-3H3,(H,18,19). The molecule has 20 heavy (non-hydrogen) atoms. The number of aliphatic carboxylic acids is 1. The molecular formula is C16H25NO2S. The van der Waals surface area contributed by atoms with Crippen LogP contribution in [0.5, 0.6) is 0 Å². The number of likely N-dealkylation sites (tertiary alicyclic amines) is 1. The van der Waals surface area contributed by atoms with Crippen LogP contribution in [0.25, 0.3) is 0 Å². The molecule has 1 fully saturated rings. The van der Waals surface area contributed by atoms with Gasteiger partial charge in [-0.3, -0.25) is 9.69 Å². The fourth-order valence-electron chi connectivity index (χ4n) is 3.41. The molecule has 1 aromatic rings. The summed E-state index contributed by atoms with van der Waals surface area (Å²) in [4.78, 5) is 16.8. The van der Waals surface area contributed by atoms with Gasteiger partial charge in [-0.25, -0.2) is 0 Å². The normalized spacial score (nSPS) is 23.9. The average molecular weight is 295 g/mol. The summed E-state index contributed by atoms with van der Waals surface area (Å²) in [5, 5.41) is 9.64. The number of piperidine rings is 1. The van der Waals surface area contributed by atoms with Crippen LogP contribution in [-0.4, -0.2) is 29.1 Å². The molecule has 0 bridgehead atoms. The minimum absolute atomic E-state index is 0.522. The zero-order valence-corrected chi connectivity index (χ0v) is 13.6. The quantitative estimate of drug-likeness (QED) is 0.897. The van der Waals surface area contributed by atoms with Crippen LogP contribution in [0.4, 0.5) is 0 Å². The van der Waals surface area contributed by atoms with Crippen molar-refractivity contribution in [2.75, 3.05) is 13.1 Å². The lowest BCUT2D eigenvalue weighted by atomic mass is 9.76. The van der Waals surface area contributed by atoms with Crippen LogP contribution in [0.15, 0.2) is 6.07 Å². The molecule has 1 aliphatic heterocycles. The van der Waals surface area contributed by atoms with E-state index in [9.17, 15) is 9.90 Å². The number of carboxylic acids is 1. The van der Waals surface area contributed by atoms with Crippen molar-refractivity contribution in [2.45, 2.75) is 53.0 Å². The lowest BCUT2D eigenvalue weighted by Gasteiger charge is -2.40. The molecule has 0 aliphatic carbocycles. The molecular weight excluding hydrogens is 270 g/mol. The smallest absolute Gasteiger partial charge is 0.310 e. The molecule has 2 rings (SSSR count). The van der Waals surface area contributed by atoms with Crippen LogP contribution < -0.4 is 0 Å². The average Bonchev–Trinajstić information content (AvgIpc) is 2.68. The van der Waals surface area contributed by atoms with E-state index in [0.717, 1.165) is 38.8 Å². The van der Waals surface area contributed by atoms with Crippen LogP contribution in [0.2, 0.25) is 0 Å². The molecule has 0 aromatic carbocycles. The summed E-state index contributed by atoms with van der Waals surface area (Å²) in [6, 6.07) is 2.25. The number of rotatable bonds is 5. The van der Waals surface area contributed by atoms with Gasteiger partial charge in [0.1, 0.15) is 0 Å². The third-order valence-corrected chi connectivity index (χ3v) is 5.38. The fraction of sp³-hybridized carbons (Fsp3) is 0.688. The molecule has 0 amide bonds. The molecule has 1 saturated heterocycles. The monoisotopic (exact) mass is 295 g/mol. The number of thiophene rings is 1. The van der Waals surface area contributed by atoms with Gasteiger partial charge >= 0.3 is 5.97 Å². The van der Waals surface area contributed by atoms with E-state index in [1.54, 1.807) is 0 Å². The number of nitrogens with zero attached hydrogens (tertiary/aromatic N) is 1. The van der Waals surface area contributed by atoms with Gasteiger partial charge in [0, 0.05) is 22.8 Å². The van der Waals surface area contributed by atoms with E-state index in [2.05, 4.69) is 31.7 Å². The highest BCUT2D eigenvalue weighted by molar-refractivity contribution is 7.12. The molecule has 0 radical (unpaired) electrons. The van der Waals surface area contributed by atoms with Crippen molar-refractivity contribution >= 4 is 17.3 Å². The molecule has 2 heterocycles. The lowest BCUT2D eigenvalue weighted by Crippen LogP contribution is -2.47. The van der Waals surface area contributed by atoms with Gasteiger partial charge in [0.05, 0.1) is 5.41 Å². The highest BCUT2D eigenvalue weighted by Gasteiger charge is 2.41. The molecule has 0 spiro atoms. The maximum absolute atomic E-state index is 11.7. The van der Waals surface area contributed by atoms with Crippen molar-refractivity contribution in [3.8, 4) is 0 Å². The second-order valence-electron chi connectivity index (χ2n) is 6.09. The van der Waals surface area contributed by atoms with Gasteiger partial charge in [-0.2, -0.15) is 0 Å². The van der Waals surface area contributed by atoms with Crippen molar-refractivity contribution in [3.05, 3.63) is 21.4 Å². The lowest BCUT2D eigenvalue weighted by molar-refractivity contribution is -0.153. The molecule has 0 saturated carbocycles. The minimum Gasteiger partial charge on any atom is -0.481 e. The van der Waals surface area contributed by atoms with Gasteiger partial charge in [0.15, 0.2) is 0 Å². The van der Waals surface area contributed by atoms with Gasteiger partial charge in [0.2, 0.25) is 0 Å². The first-order valence-corrected chi connectivity index (χ1v) is 8.30. The molecule has 1 atom stereocenters. The Balaban J connectivity index is 2.10. The predicted octanol–water partition coefficient (Wildman–Crippen LogP) is 3.83. The van der Waals surface area contributed by atoms with Gasteiger partial charge in [-0.1, -0.05) is 13.3 Å². The summed E-state index contributed by atoms with van der Waals surface area (Å²) in [5.41, 5.74) is 0.844. The minimum atomic E-state index is -0.609. The van der Waals surface area contributed by atoms with E-state index >= 15 is 0 Å². The summed E-state index contributed by atoms with van der Waals surface area (Å²) in [6.07, 6.45) is 3.56. The first-order chi connectivity index (χ1) is 9.47. The third kappa shape index (κ3) is 3.23. The van der Waals surface area contributed by atoms with Crippen molar-refractivity contribution in [2.24, 2.45) is 5.41 Å². The summed E-state index contributed by atoms with van der Waals surface area (Å²) < 4.78 is 0. The first-order valence-electron chi connectivity index (χ1n) is 7.48. The van der Waals surface area contributed by atoms with E-state index in [0.29, 0.717) is 6.54 Å². The van der Waals surface area contributed by atoms with Gasteiger partial charge in [0.25, 0.3) is 0 Å². The zero-order chi connectivity index (χ0) is 14.8. The highest BCUT2D eigenvalue weighted by atomic mass is 32.1. The number of carbonyl (C=O) groups is 1. The van der Waals surface area contributed by atoms with E-state index in [1.807, 2.05) is 11.3 Å². The van der Waals surface area contributed by atoms with Crippen LogP contribution >= 0.6 is 11.3 Å². The zero-order valence-electron chi connectivity index (χ0n) is 12.7.